The first-order valence-electron chi connectivity index (χ1n) is 9.46. The van der Waals surface area contributed by atoms with Gasteiger partial charge < -0.3 is 29.2 Å². The van der Waals surface area contributed by atoms with Gasteiger partial charge in [-0.1, -0.05) is 0 Å². The van der Waals surface area contributed by atoms with Crippen molar-refractivity contribution in [1.29, 1.82) is 0 Å². The number of hydrogen-bond acceptors (Lipinski definition) is 6. The Bertz CT molecular complexity index is 707. The molecule has 1 atom stereocenters. The predicted octanol–water partition coefficient (Wildman–Crippen LogP) is 2.92. The van der Waals surface area contributed by atoms with Gasteiger partial charge in [-0.25, -0.2) is 4.79 Å². The van der Waals surface area contributed by atoms with Crippen molar-refractivity contribution in [1.82, 2.24) is 10.2 Å². The molecule has 9 heteroatoms. The van der Waals surface area contributed by atoms with E-state index in [0.29, 0.717) is 38.5 Å². The third kappa shape index (κ3) is 7.98. The fourth-order valence-electron chi connectivity index (χ4n) is 2.80. The van der Waals surface area contributed by atoms with Crippen molar-refractivity contribution in [2.45, 2.75) is 45.4 Å². The minimum Gasteiger partial charge on any atom is -0.467 e. The van der Waals surface area contributed by atoms with E-state index in [1.165, 1.54) is 0 Å². The monoisotopic (exact) mass is 520 g/mol. The van der Waals surface area contributed by atoms with E-state index < -0.39 is 17.7 Å². The molecule has 1 aliphatic rings. The van der Waals surface area contributed by atoms with E-state index >= 15 is 0 Å². The van der Waals surface area contributed by atoms with Crippen LogP contribution in [0.15, 0.2) is 18.2 Å². The molecular weight excluding hydrogens is 491 g/mol. The highest BCUT2D eigenvalue weighted by Gasteiger charge is 2.34. The molecule has 1 aromatic rings. The first-order chi connectivity index (χ1) is 13.7. The second kappa shape index (κ2) is 11.0. The summed E-state index contributed by atoms with van der Waals surface area (Å²) in [5.74, 6) is 0.538. The number of amides is 2. The smallest absolute Gasteiger partial charge is 0.408 e. The zero-order chi connectivity index (χ0) is 21.4. The van der Waals surface area contributed by atoms with Crippen LogP contribution >= 0.6 is 22.6 Å². The molecular formula is C20H29IN2O6. The van der Waals surface area contributed by atoms with Crippen LogP contribution < -0.4 is 10.1 Å². The Labute approximate surface area is 185 Å². The second-order valence-corrected chi connectivity index (χ2v) is 8.91. The fourth-order valence-corrected chi connectivity index (χ4v) is 3.36. The predicted molar refractivity (Wildman–Crippen MR) is 116 cm³/mol. The Balaban J connectivity index is 1.94. The number of nitrogens with one attached hydrogen (secondary N) is 1. The Hall–Kier alpha value is -1.59. The quantitative estimate of drug-likeness (QED) is 0.306. The molecule has 0 aromatic heterocycles. The first kappa shape index (κ1) is 23.7. The number of rotatable bonds is 9. The van der Waals surface area contributed by atoms with Gasteiger partial charge >= 0.3 is 6.09 Å². The van der Waals surface area contributed by atoms with Crippen LogP contribution in [-0.2, 0) is 25.5 Å². The molecule has 1 N–H and O–H groups in total. The molecule has 0 saturated carbocycles. The summed E-state index contributed by atoms with van der Waals surface area (Å²) in [5.41, 5.74) is 0.280. The average Bonchev–Trinajstić information content (AvgIpc) is 2.95. The van der Waals surface area contributed by atoms with Crippen LogP contribution in [0.25, 0.3) is 0 Å². The molecule has 29 heavy (non-hydrogen) atoms. The van der Waals surface area contributed by atoms with Crippen molar-refractivity contribution in [3.8, 4) is 5.75 Å². The molecule has 1 aromatic carbocycles. The summed E-state index contributed by atoms with van der Waals surface area (Å²) in [6.07, 6.45) is -0.0395. The van der Waals surface area contributed by atoms with Gasteiger partial charge in [0.2, 0.25) is 5.91 Å². The van der Waals surface area contributed by atoms with Gasteiger partial charge in [0.25, 0.3) is 0 Å². The largest absolute Gasteiger partial charge is 0.467 e. The minimum absolute atomic E-state index is 0.105. The van der Waals surface area contributed by atoms with Gasteiger partial charge in [-0.15, -0.1) is 0 Å². The number of nitrogens with zero attached hydrogens (tertiary/aromatic N) is 1. The lowest BCUT2D eigenvalue weighted by Crippen LogP contribution is -2.43. The topological polar surface area (TPSA) is 86.3 Å². The lowest BCUT2D eigenvalue weighted by molar-refractivity contribution is -0.130. The molecule has 162 valence electrons. The number of benzene rings is 1. The second-order valence-electron chi connectivity index (χ2n) is 7.66. The van der Waals surface area contributed by atoms with E-state index in [-0.39, 0.29) is 12.7 Å². The van der Waals surface area contributed by atoms with Crippen LogP contribution in [0.4, 0.5) is 4.79 Å². The van der Waals surface area contributed by atoms with Gasteiger partial charge in [0.1, 0.15) is 17.4 Å². The van der Waals surface area contributed by atoms with Crippen LogP contribution in [0.5, 0.6) is 5.75 Å². The molecule has 0 aliphatic carbocycles. The summed E-state index contributed by atoms with van der Waals surface area (Å²) < 4.78 is 22.3. The van der Waals surface area contributed by atoms with Crippen molar-refractivity contribution in [3.05, 3.63) is 27.3 Å². The highest BCUT2D eigenvalue weighted by Crippen LogP contribution is 2.25. The van der Waals surface area contributed by atoms with Crippen molar-refractivity contribution >= 4 is 34.6 Å². The molecule has 0 spiro atoms. The van der Waals surface area contributed by atoms with Gasteiger partial charge in [0.05, 0.1) is 13.2 Å². The number of methoxy groups -OCH3 is 1. The number of ether oxygens (including phenoxy) is 4. The van der Waals surface area contributed by atoms with Crippen molar-refractivity contribution in [3.63, 3.8) is 0 Å². The molecule has 1 fully saturated rings. The summed E-state index contributed by atoms with van der Waals surface area (Å²) in [4.78, 5) is 26.4. The van der Waals surface area contributed by atoms with Crippen LogP contribution in [0.2, 0.25) is 0 Å². The van der Waals surface area contributed by atoms with E-state index in [1.54, 1.807) is 32.8 Å². The molecule has 1 saturated heterocycles. The highest BCUT2D eigenvalue weighted by molar-refractivity contribution is 14.1. The number of carbonyl (C=O) groups is 2. The summed E-state index contributed by atoms with van der Waals surface area (Å²) in [5, 5.41) is 2.66. The Morgan fingerprint density at radius 3 is 2.76 bits per heavy atom. The maximum Gasteiger partial charge on any atom is 0.408 e. The maximum atomic E-state index is 12.7. The Kier molecular flexibility index (Phi) is 8.97. The van der Waals surface area contributed by atoms with Crippen LogP contribution in [-0.4, -0.2) is 62.2 Å². The zero-order valence-electron chi connectivity index (χ0n) is 17.3. The molecule has 2 amide bonds. The number of halogens is 1. The summed E-state index contributed by atoms with van der Waals surface area (Å²) in [6.45, 7) is 7.35. The minimum atomic E-state index is -0.607. The van der Waals surface area contributed by atoms with Gasteiger partial charge in [-0.2, -0.15) is 0 Å². The summed E-state index contributed by atoms with van der Waals surface area (Å²) in [7, 11) is 1.61. The normalized spacial score (nSPS) is 16.8. The Morgan fingerprint density at radius 1 is 1.31 bits per heavy atom. The fraction of sp³-hybridized carbons (Fsp3) is 0.600. The van der Waals surface area contributed by atoms with Crippen molar-refractivity contribution in [2.24, 2.45) is 0 Å². The lowest BCUT2D eigenvalue weighted by atomic mass is 10.2. The van der Waals surface area contributed by atoms with Crippen LogP contribution in [0, 0.1) is 3.57 Å². The molecule has 1 unspecified atom stereocenters. The van der Waals surface area contributed by atoms with Crippen molar-refractivity contribution in [2.75, 3.05) is 33.7 Å². The number of carbonyl (C=O) groups excluding carboxylic acids is 2. The summed E-state index contributed by atoms with van der Waals surface area (Å²) in [6, 6.07) is 5.21. The van der Waals surface area contributed by atoms with Gasteiger partial charge in [-0.05, 0) is 68.0 Å². The molecule has 0 bridgehead atoms. The van der Waals surface area contributed by atoms with Gasteiger partial charge in [0, 0.05) is 29.3 Å². The third-order valence-corrected chi connectivity index (χ3v) is 4.77. The number of hydrogen-bond donors (Lipinski definition) is 1. The first-order valence-corrected chi connectivity index (χ1v) is 10.5. The third-order valence-electron chi connectivity index (χ3n) is 4.10. The summed E-state index contributed by atoms with van der Waals surface area (Å²) >= 11 is 2.22. The van der Waals surface area contributed by atoms with Gasteiger partial charge in [-0.3, -0.25) is 4.79 Å². The number of alkyl carbamates (subject to hydrolysis) is 1. The van der Waals surface area contributed by atoms with E-state index in [1.807, 2.05) is 18.2 Å². The zero-order valence-corrected chi connectivity index (χ0v) is 19.5. The van der Waals surface area contributed by atoms with E-state index in [9.17, 15) is 9.59 Å². The highest BCUT2D eigenvalue weighted by atomic mass is 127. The maximum absolute atomic E-state index is 12.7. The van der Waals surface area contributed by atoms with Crippen molar-refractivity contribution < 1.29 is 28.5 Å². The molecule has 0 radical (unpaired) electrons. The molecule has 8 nitrogen and oxygen atoms in total. The Morgan fingerprint density at radius 2 is 2.07 bits per heavy atom. The standard InChI is InChI=1S/C20H29IN2O6/c1-20(2,3)29-19(25)22-16-7-8-23(18(16)24)12-14-11-15(21)5-6-17(14)28-13-27-10-9-26-4/h5-6,11,16H,7-10,12-13H2,1-4H3,(H,22,25). The van der Waals surface area contributed by atoms with E-state index in [4.69, 9.17) is 18.9 Å². The molecule has 2 rings (SSSR count). The van der Waals surface area contributed by atoms with E-state index in [0.717, 1.165) is 9.13 Å². The average molecular weight is 520 g/mol. The lowest BCUT2D eigenvalue weighted by Gasteiger charge is -2.22. The van der Waals surface area contributed by atoms with E-state index in [2.05, 4.69) is 27.9 Å². The molecule has 1 aliphatic heterocycles. The molecule has 1 heterocycles. The SMILES string of the molecule is COCCOCOc1ccc(I)cc1CN1CCC(NC(=O)OC(C)(C)C)C1=O. The van der Waals surface area contributed by atoms with Crippen LogP contribution in [0.1, 0.15) is 32.8 Å². The van der Waals surface area contributed by atoms with Gasteiger partial charge in [0.15, 0.2) is 6.79 Å². The van der Waals surface area contributed by atoms with Crippen LogP contribution in [0.3, 0.4) is 0 Å². The number of likely N-dealkylation sites (tertiary alicyclic amines) is 1.